The van der Waals surface area contributed by atoms with Crippen LogP contribution in [0.15, 0.2) is 10.5 Å². The van der Waals surface area contributed by atoms with Crippen LogP contribution in [0.5, 0.6) is 5.75 Å². The van der Waals surface area contributed by atoms with Crippen molar-refractivity contribution in [2.45, 2.75) is 6.42 Å². The van der Waals surface area contributed by atoms with Gasteiger partial charge in [-0.15, -0.1) is 0 Å². The minimum absolute atomic E-state index is 0.223. The van der Waals surface area contributed by atoms with E-state index in [1.165, 1.54) is 0 Å². The molecule has 1 aromatic carbocycles. The first-order chi connectivity index (χ1) is 6.07. The van der Waals surface area contributed by atoms with Crippen LogP contribution in [-0.4, -0.2) is 5.11 Å². The second-order valence-corrected chi connectivity index (χ2v) is 3.11. The van der Waals surface area contributed by atoms with Gasteiger partial charge in [-0.3, -0.25) is 0 Å². The third-order valence-electron chi connectivity index (χ3n) is 1.49. The largest absolute Gasteiger partial charge is 0.507 e. The molecule has 2 nitrogen and oxygen atoms in total. The van der Waals surface area contributed by atoms with Gasteiger partial charge < -0.3 is 5.11 Å². The summed E-state index contributed by atoms with van der Waals surface area (Å²) < 4.78 is 25.8. The maximum Gasteiger partial charge on any atom is 0.148 e. The van der Waals surface area contributed by atoms with E-state index in [2.05, 4.69) is 15.9 Å². The third-order valence-corrected chi connectivity index (χ3v) is 2.24. The zero-order valence-electron chi connectivity index (χ0n) is 6.31. The van der Waals surface area contributed by atoms with E-state index in [0.717, 1.165) is 6.07 Å². The van der Waals surface area contributed by atoms with Crippen molar-refractivity contribution in [1.29, 1.82) is 5.26 Å². The normalized spacial score (nSPS) is 9.69. The van der Waals surface area contributed by atoms with Gasteiger partial charge in [-0.25, -0.2) is 8.78 Å². The van der Waals surface area contributed by atoms with E-state index in [4.69, 9.17) is 10.4 Å². The Morgan fingerprint density at radius 3 is 2.69 bits per heavy atom. The molecule has 1 aromatic rings. The fourth-order valence-electron chi connectivity index (χ4n) is 0.861. The van der Waals surface area contributed by atoms with Crippen LogP contribution in [-0.2, 0) is 6.42 Å². The molecule has 0 unspecified atom stereocenters. The maximum atomic E-state index is 13.1. The predicted molar refractivity (Wildman–Crippen MR) is 45.0 cm³/mol. The van der Waals surface area contributed by atoms with Crippen LogP contribution in [0.4, 0.5) is 8.78 Å². The topological polar surface area (TPSA) is 44.0 Å². The lowest BCUT2D eigenvalue weighted by atomic mass is 10.1. The molecule has 1 rings (SSSR count). The summed E-state index contributed by atoms with van der Waals surface area (Å²) in [6.07, 6.45) is -0.365. The van der Waals surface area contributed by atoms with Crippen LogP contribution in [0.2, 0.25) is 0 Å². The minimum Gasteiger partial charge on any atom is -0.507 e. The van der Waals surface area contributed by atoms with Crippen LogP contribution in [0, 0.1) is 23.0 Å². The number of benzene rings is 1. The van der Waals surface area contributed by atoms with Crippen molar-refractivity contribution in [2.24, 2.45) is 0 Å². The molecule has 0 spiro atoms. The molecule has 68 valence electrons. The number of nitrogens with zero attached hydrogens (tertiary/aromatic N) is 1. The standard InChI is InChI=1S/C8H4BrF2NO/c9-7-6(13)3-5(10)4(1-2-12)8(7)11/h3,13H,1H2. The van der Waals surface area contributed by atoms with Gasteiger partial charge in [0.15, 0.2) is 0 Å². The third kappa shape index (κ3) is 1.78. The van der Waals surface area contributed by atoms with E-state index in [-0.39, 0.29) is 16.5 Å². The van der Waals surface area contributed by atoms with E-state index in [1.807, 2.05) is 0 Å². The Morgan fingerprint density at radius 2 is 2.15 bits per heavy atom. The van der Waals surface area contributed by atoms with Crippen molar-refractivity contribution in [3.63, 3.8) is 0 Å². The van der Waals surface area contributed by atoms with E-state index in [9.17, 15) is 8.78 Å². The molecule has 0 aliphatic rings. The molecule has 0 heterocycles. The van der Waals surface area contributed by atoms with Crippen molar-refractivity contribution >= 4 is 15.9 Å². The highest BCUT2D eigenvalue weighted by Gasteiger charge is 2.15. The summed E-state index contributed by atoms with van der Waals surface area (Å²) in [4.78, 5) is 0. The number of nitriles is 1. The number of aromatic hydroxyl groups is 1. The summed E-state index contributed by atoms with van der Waals surface area (Å²) in [5.74, 6) is -2.37. The van der Waals surface area contributed by atoms with Crippen LogP contribution in [0.25, 0.3) is 0 Å². The molecule has 0 aromatic heterocycles. The van der Waals surface area contributed by atoms with Gasteiger partial charge in [-0.1, -0.05) is 0 Å². The van der Waals surface area contributed by atoms with Gasteiger partial charge in [0, 0.05) is 11.6 Å². The van der Waals surface area contributed by atoms with Crippen molar-refractivity contribution in [1.82, 2.24) is 0 Å². The van der Waals surface area contributed by atoms with Gasteiger partial charge in [-0.05, 0) is 15.9 Å². The fourth-order valence-corrected chi connectivity index (χ4v) is 1.22. The maximum absolute atomic E-state index is 13.1. The van der Waals surface area contributed by atoms with Gasteiger partial charge >= 0.3 is 0 Å². The zero-order valence-corrected chi connectivity index (χ0v) is 7.90. The first-order valence-corrected chi connectivity index (χ1v) is 4.09. The Labute approximate surface area is 81.5 Å². The first-order valence-electron chi connectivity index (χ1n) is 3.30. The van der Waals surface area contributed by atoms with E-state index in [0.29, 0.717) is 0 Å². The quantitative estimate of drug-likeness (QED) is 0.776. The SMILES string of the molecule is N#CCc1c(F)cc(O)c(Br)c1F. The zero-order chi connectivity index (χ0) is 10.0. The van der Waals surface area contributed by atoms with Crippen LogP contribution < -0.4 is 0 Å². The molecule has 0 bridgehead atoms. The lowest BCUT2D eigenvalue weighted by Gasteiger charge is -2.04. The Morgan fingerprint density at radius 1 is 1.54 bits per heavy atom. The number of phenols is 1. The molecule has 5 heteroatoms. The van der Waals surface area contributed by atoms with E-state index >= 15 is 0 Å². The highest BCUT2D eigenvalue weighted by molar-refractivity contribution is 9.10. The minimum atomic E-state index is -0.931. The molecule has 0 fully saturated rings. The Bertz CT molecular complexity index is 387. The summed E-state index contributed by atoms with van der Waals surface area (Å²) in [5, 5.41) is 17.2. The highest BCUT2D eigenvalue weighted by atomic mass is 79.9. The molecule has 0 amide bonds. The lowest BCUT2D eigenvalue weighted by molar-refractivity contribution is 0.452. The molecular formula is C8H4BrF2NO. The number of hydrogen-bond donors (Lipinski definition) is 1. The average molecular weight is 248 g/mol. The summed E-state index contributed by atoms with van der Waals surface area (Å²) in [6, 6.07) is 2.39. The van der Waals surface area contributed by atoms with Gasteiger partial charge in [0.2, 0.25) is 0 Å². The van der Waals surface area contributed by atoms with Gasteiger partial charge in [-0.2, -0.15) is 5.26 Å². The van der Waals surface area contributed by atoms with E-state index < -0.39 is 17.4 Å². The Balaban J connectivity index is 3.36. The van der Waals surface area contributed by atoms with E-state index in [1.54, 1.807) is 6.07 Å². The molecule has 0 radical (unpaired) electrons. The molecule has 0 saturated heterocycles. The van der Waals surface area contributed by atoms with Crippen LogP contribution in [0.1, 0.15) is 5.56 Å². The Kier molecular flexibility index (Phi) is 2.83. The molecule has 0 aliphatic carbocycles. The summed E-state index contributed by atoms with van der Waals surface area (Å²) in [7, 11) is 0. The lowest BCUT2D eigenvalue weighted by Crippen LogP contribution is -1.95. The van der Waals surface area contributed by atoms with Crippen LogP contribution in [0.3, 0.4) is 0 Å². The van der Waals surface area contributed by atoms with Crippen molar-refractivity contribution in [3.8, 4) is 11.8 Å². The predicted octanol–water partition coefficient (Wildman–Crippen LogP) is 2.50. The van der Waals surface area contributed by atoms with Gasteiger partial charge in [0.1, 0.15) is 17.4 Å². The van der Waals surface area contributed by atoms with Gasteiger partial charge in [0.25, 0.3) is 0 Å². The summed E-state index contributed by atoms with van der Waals surface area (Å²) in [5.41, 5.74) is -0.341. The highest BCUT2D eigenvalue weighted by Crippen LogP contribution is 2.30. The van der Waals surface area contributed by atoms with Crippen molar-refractivity contribution < 1.29 is 13.9 Å². The average Bonchev–Trinajstić information content (AvgIpc) is 2.09. The number of halogens is 3. The molecule has 0 saturated carbocycles. The molecular weight excluding hydrogens is 244 g/mol. The van der Waals surface area contributed by atoms with Gasteiger partial charge in [0.05, 0.1) is 17.0 Å². The molecule has 13 heavy (non-hydrogen) atoms. The number of phenolic OH excluding ortho intramolecular Hbond substituents is 1. The monoisotopic (exact) mass is 247 g/mol. The second kappa shape index (κ2) is 3.71. The molecule has 0 aliphatic heterocycles. The van der Waals surface area contributed by atoms with Crippen molar-refractivity contribution in [3.05, 3.63) is 27.7 Å². The molecule has 1 N–H and O–H groups in total. The fraction of sp³-hybridized carbons (Fsp3) is 0.125. The molecule has 0 atom stereocenters. The van der Waals surface area contributed by atoms with Crippen molar-refractivity contribution in [2.75, 3.05) is 0 Å². The number of rotatable bonds is 1. The summed E-state index contributed by atoms with van der Waals surface area (Å²) >= 11 is 2.73. The second-order valence-electron chi connectivity index (χ2n) is 2.32. The number of hydrogen-bond acceptors (Lipinski definition) is 2. The Hall–Kier alpha value is -1.15. The first kappa shape index (κ1) is 9.93. The summed E-state index contributed by atoms with van der Waals surface area (Å²) in [6.45, 7) is 0. The van der Waals surface area contributed by atoms with Crippen LogP contribution >= 0.6 is 15.9 Å². The smallest absolute Gasteiger partial charge is 0.148 e.